The molecular weight excluding hydrogens is 310 g/mol. The highest BCUT2D eigenvalue weighted by atomic mass is 19.2. The van der Waals surface area contributed by atoms with Crippen molar-refractivity contribution < 1.29 is 8.78 Å². The van der Waals surface area contributed by atoms with Crippen LogP contribution in [0.1, 0.15) is 5.69 Å². The monoisotopic (exact) mass is 324 g/mol. The van der Waals surface area contributed by atoms with Gasteiger partial charge in [-0.3, -0.25) is 4.98 Å². The van der Waals surface area contributed by atoms with Gasteiger partial charge in [0.25, 0.3) is 0 Å². The van der Waals surface area contributed by atoms with Crippen LogP contribution in [0.5, 0.6) is 0 Å². The maximum Gasteiger partial charge on any atom is 0.159 e. The summed E-state index contributed by atoms with van der Waals surface area (Å²) in [4.78, 5) is 10.8. The van der Waals surface area contributed by atoms with E-state index in [1.165, 1.54) is 6.07 Å². The van der Waals surface area contributed by atoms with Crippen molar-refractivity contribution in [3.63, 3.8) is 0 Å². The Morgan fingerprint density at radius 1 is 1.00 bits per heavy atom. The number of anilines is 2. The van der Waals surface area contributed by atoms with E-state index in [0.717, 1.165) is 28.8 Å². The normalized spacial score (nSPS) is 12.8. The summed E-state index contributed by atoms with van der Waals surface area (Å²) in [6.45, 7) is 1.27. The number of pyridine rings is 2. The van der Waals surface area contributed by atoms with Gasteiger partial charge in [0, 0.05) is 18.0 Å². The van der Waals surface area contributed by atoms with Crippen molar-refractivity contribution in [2.24, 2.45) is 0 Å². The average Bonchev–Trinajstić information content (AvgIpc) is 3.00. The molecule has 0 unspecified atom stereocenters. The van der Waals surface area contributed by atoms with Gasteiger partial charge in [-0.1, -0.05) is 12.1 Å². The molecule has 0 fully saturated rings. The number of rotatable bonds is 3. The van der Waals surface area contributed by atoms with E-state index in [9.17, 15) is 8.78 Å². The fourth-order valence-electron chi connectivity index (χ4n) is 2.75. The van der Waals surface area contributed by atoms with Crippen LogP contribution >= 0.6 is 0 Å². The van der Waals surface area contributed by atoms with Gasteiger partial charge < -0.3 is 10.2 Å². The molecule has 6 heteroatoms. The topological polar surface area (TPSA) is 41.1 Å². The highest BCUT2D eigenvalue weighted by Gasteiger charge is 2.21. The summed E-state index contributed by atoms with van der Waals surface area (Å²) in [5.41, 5.74) is 3.20. The second-order valence-corrected chi connectivity index (χ2v) is 5.57. The molecule has 0 amide bonds. The SMILES string of the molecule is Fc1ccc(-c2cnc3c(c2)N(Cc2ccccn2)CN3)cc1F. The van der Waals surface area contributed by atoms with Crippen LogP contribution in [-0.2, 0) is 6.54 Å². The first kappa shape index (κ1) is 14.6. The lowest BCUT2D eigenvalue weighted by Crippen LogP contribution is -2.22. The summed E-state index contributed by atoms with van der Waals surface area (Å²) < 4.78 is 26.6. The van der Waals surface area contributed by atoms with Gasteiger partial charge >= 0.3 is 0 Å². The molecule has 0 atom stereocenters. The molecule has 0 saturated heterocycles. The van der Waals surface area contributed by atoms with Crippen molar-refractivity contribution in [1.29, 1.82) is 0 Å². The van der Waals surface area contributed by atoms with Crippen LogP contribution in [0.25, 0.3) is 11.1 Å². The predicted molar refractivity (Wildman–Crippen MR) is 88.5 cm³/mol. The number of hydrogen-bond acceptors (Lipinski definition) is 4. The van der Waals surface area contributed by atoms with E-state index in [4.69, 9.17) is 0 Å². The van der Waals surface area contributed by atoms with Crippen LogP contribution in [0, 0.1) is 11.6 Å². The minimum atomic E-state index is -0.864. The lowest BCUT2D eigenvalue weighted by molar-refractivity contribution is 0.509. The minimum absolute atomic E-state index is 0.592. The number of fused-ring (bicyclic) bond motifs is 1. The van der Waals surface area contributed by atoms with Gasteiger partial charge in [-0.2, -0.15) is 0 Å². The zero-order chi connectivity index (χ0) is 16.5. The van der Waals surface area contributed by atoms with Crippen molar-refractivity contribution in [2.45, 2.75) is 6.54 Å². The van der Waals surface area contributed by atoms with Crippen molar-refractivity contribution in [1.82, 2.24) is 9.97 Å². The molecule has 1 aromatic carbocycles. The number of hydrogen-bond donors (Lipinski definition) is 1. The summed E-state index contributed by atoms with van der Waals surface area (Å²) in [7, 11) is 0. The van der Waals surface area contributed by atoms with Gasteiger partial charge in [0.1, 0.15) is 0 Å². The summed E-state index contributed by atoms with van der Waals surface area (Å²) in [5, 5.41) is 3.22. The van der Waals surface area contributed by atoms with Crippen molar-refractivity contribution in [2.75, 3.05) is 16.9 Å². The Morgan fingerprint density at radius 2 is 1.92 bits per heavy atom. The molecule has 0 spiro atoms. The molecule has 4 rings (SSSR count). The minimum Gasteiger partial charge on any atom is -0.351 e. The molecule has 24 heavy (non-hydrogen) atoms. The Bertz CT molecular complexity index is 883. The number of halogens is 2. The molecular formula is C18H14F2N4. The molecule has 1 aliphatic heterocycles. The Labute approximate surface area is 137 Å². The van der Waals surface area contributed by atoms with Gasteiger partial charge in [0.05, 0.1) is 24.6 Å². The molecule has 0 radical (unpaired) electrons. The summed E-state index contributed by atoms with van der Waals surface area (Å²) in [6.07, 6.45) is 3.42. The van der Waals surface area contributed by atoms with Crippen LogP contribution in [0.3, 0.4) is 0 Å². The van der Waals surface area contributed by atoms with E-state index < -0.39 is 11.6 Å². The van der Waals surface area contributed by atoms with Gasteiger partial charge in [-0.05, 0) is 35.9 Å². The van der Waals surface area contributed by atoms with Crippen molar-refractivity contribution >= 4 is 11.5 Å². The molecule has 1 aliphatic rings. The highest BCUT2D eigenvalue weighted by molar-refractivity contribution is 5.77. The Morgan fingerprint density at radius 3 is 2.71 bits per heavy atom. The number of benzene rings is 1. The average molecular weight is 324 g/mol. The molecule has 3 aromatic rings. The maximum absolute atomic E-state index is 13.5. The predicted octanol–water partition coefficient (Wildman–Crippen LogP) is 3.81. The third kappa shape index (κ3) is 2.67. The smallest absolute Gasteiger partial charge is 0.159 e. The lowest BCUT2D eigenvalue weighted by atomic mass is 10.1. The quantitative estimate of drug-likeness (QED) is 0.795. The van der Waals surface area contributed by atoms with E-state index in [1.807, 2.05) is 24.3 Å². The molecule has 2 aromatic heterocycles. The molecule has 3 heterocycles. The highest BCUT2D eigenvalue weighted by Crippen LogP contribution is 2.34. The van der Waals surface area contributed by atoms with Crippen LogP contribution in [0.2, 0.25) is 0 Å². The first-order valence-corrected chi connectivity index (χ1v) is 7.55. The molecule has 0 saturated carbocycles. The number of aromatic nitrogens is 2. The van der Waals surface area contributed by atoms with Crippen LogP contribution in [-0.4, -0.2) is 16.6 Å². The van der Waals surface area contributed by atoms with Crippen LogP contribution in [0.4, 0.5) is 20.3 Å². The zero-order valence-corrected chi connectivity index (χ0v) is 12.7. The fraction of sp³-hybridized carbons (Fsp3) is 0.111. The number of nitrogens with zero attached hydrogens (tertiary/aromatic N) is 3. The Kier molecular flexibility index (Phi) is 3.57. The second kappa shape index (κ2) is 5.88. The number of nitrogens with one attached hydrogen (secondary N) is 1. The molecule has 4 nitrogen and oxygen atoms in total. The molecule has 120 valence electrons. The third-order valence-electron chi connectivity index (χ3n) is 3.98. The maximum atomic E-state index is 13.5. The lowest BCUT2D eigenvalue weighted by Gasteiger charge is -2.17. The van der Waals surface area contributed by atoms with Crippen molar-refractivity contribution in [3.05, 3.63) is 72.2 Å². The van der Waals surface area contributed by atoms with E-state index in [0.29, 0.717) is 18.8 Å². The van der Waals surface area contributed by atoms with Gasteiger partial charge in [0.15, 0.2) is 17.5 Å². The van der Waals surface area contributed by atoms with Gasteiger partial charge in [-0.25, -0.2) is 13.8 Å². The fourth-order valence-corrected chi connectivity index (χ4v) is 2.75. The van der Waals surface area contributed by atoms with Crippen LogP contribution < -0.4 is 10.2 Å². The zero-order valence-electron chi connectivity index (χ0n) is 12.7. The summed E-state index contributed by atoms with van der Waals surface area (Å²) in [5.74, 6) is -0.944. The van der Waals surface area contributed by atoms with E-state index in [-0.39, 0.29) is 0 Å². The third-order valence-corrected chi connectivity index (χ3v) is 3.98. The molecule has 1 N–H and O–H groups in total. The van der Waals surface area contributed by atoms with E-state index in [1.54, 1.807) is 18.5 Å². The Balaban J connectivity index is 1.66. The summed E-state index contributed by atoms with van der Waals surface area (Å²) in [6, 6.07) is 11.6. The van der Waals surface area contributed by atoms with Gasteiger partial charge in [0.2, 0.25) is 0 Å². The van der Waals surface area contributed by atoms with Crippen molar-refractivity contribution in [3.8, 4) is 11.1 Å². The standard InChI is InChI=1S/C18H14F2N4/c19-15-5-4-12(7-16(15)20)13-8-17-18(22-9-13)23-11-24(17)10-14-3-1-2-6-21-14/h1-9H,10-11H2,(H,22,23). The first-order valence-electron chi connectivity index (χ1n) is 7.55. The largest absolute Gasteiger partial charge is 0.351 e. The molecule has 0 bridgehead atoms. The second-order valence-electron chi connectivity index (χ2n) is 5.57. The Hall–Kier alpha value is -3.02. The first-order chi connectivity index (χ1) is 11.7. The summed E-state index contributed by atoms with van der Waals surface area (Å²) >= 11 is 0. The van der Waals surface area contributed by atoms with E-state index >= 15 is 0 Å². The van der Waals surface area contributed by atoms with E-state index in [2.05, 4.69) is 20.2 Å². The van der Waals surface area contributed by atoms with Crippen LogP contribution in [0.15, 0.2) is 54.9 Å². The molecule has 0 aliphatic carbocycles. The van der Waals surface area contributed by atoms with Gasteiger partial charge in [-0.15, -0.1) is 0 Å².